The number of aromatic nitrogens is 6. The van der Waals surface area contributed by atoms with Crippen molar-refractivity contribution in [2.45, 2.75) is 0 Å². The van der Waals surface area contributed by atoms with Gasteiger partial charge >= 0.3 is 0 Å². The molecule has 0 aliphatic carbocycles. The Hall–Kier alpha value is -17.6. The van der Waals surface area contributed by atoms with Gasteiger partial charge in [0.2, 0.25) is 0 Å². The van der Waals surface area contributed by atoms with E-state index in [2.05, 4.69) is 537 Å². The Morgan fingerprint density at radius 3 is 0.394 bits per heavy atom. The molecular formula is C126H84N6. The summed E-state index contributed by atoms with van der Waals surface area (Å²) in [6, 6.07) is 184. The Morgan fingerprint density at radius 1 is 0.0833 bits per heavy atom. The maximum absolute atomic E-state index is 2.39. The number of hydrogen-bond donors (Lipinski definition) is 0. The second-order valence-corrected chi connectivity index (χ2v) is 34.3. The van der Waals surface area contributed by atoms with Gasteiger partial charge in [-0.05, 0) is 249 Å². The lowest BCUT2D eigenvalue weighted by atomic mass is 10.0. The molecule has 132 heavy (non-hydrogen) atoms. The van der Waals surface area contributed by atoms with Crippen molar-refractivity contribution >= 4 is 131 Å². The highest BCUT2D eigenvalue weighted by atomic mass is 15.0. The monoisotopic (exact) mass is 1680 g/mol. The van der Waals surface area contributed by atoms with Crippen LogP contribution in [0.25, 0.3) is 232 Å². The average molecular weight is 1680 g/mol. The highest BCUT2D eigenvalue weighted by molar-refractivity contribution is 6.17. The number of para-hydroxylation sites is 9. The van der Waals surface area contributed by atoms with Crippen molar-refractivity contribution in [1.29, 1.82) is 0 Å². The molecule has 0 aliphatic rings. The van der Waals surface area contributed by atoms with Crippen LogP contribution in [-0.4, -0.2) is 27.4 Å². The van der Waals surface area contributed by atoms with Gasteiger partial charge in [-0.3, -0.25) is 0 Å². The summed E-state index contributed by atoms with van der Waals surface area (Å²) in [6.45, 7) is 0. The molecule has 21 aromatic carbocycles. The summed E-state index contributed by atoms with van der Waals surface area (Å²) >= 11 is 0. The van der Waals surface area contributed by atoms with E-state index in [-0.39, 0.29) is 0 Å². The second kappa shape index (κ2) is 32.4. The SMILES string of the molecule is c1ccc(-c2ccc(-n3c4ccccc4c4cc(-c5ccc6c(c5)c5ccccc5n6-c5ccc(-c6ccccc6)cc5)ccc43)cc2)cc1.c1ccc(-c2ccc(-n3c4ccccc4c4cc(-c5ccc6c(c5)c5ccccc5n6-c5ccccc5)ccc43)cc2)cc1.c1ccc(-n2c3ccccc3c3cc(-c4ccc5c(c4)c4ccccc4n5-c4ccccc4)ccc32)cc1. The third kappa shape index (κ3) is 13.3. The molecule has 0 atom stereocenters. The summed E-state index contributed by atoms with van der Waals surface area (Å²) in [5, 5.41) is 15.2. The van der Waals surface area contributed by atoms with E-state index in [0.29, 0.717) is 0 Å². The van der Waals surface area contributed by atoms with Crippen LogP contribution < -0.4 is 0 Å². The lowest BCUT2D eigenvalue weighted by Gasteiger charge is -2.11. The van der Waals surface area contributed by atoms with E-state index >= 15 is 0 Å². The highest BCUT2D eigenvalue weighted by Gasteiger charge is 2.23. The van der Waals surface area contributed by atoms with E-state index in [4.69, 9.17) is 0 Å². The number of hydrogen-bond acceptors (Lipinski definition) is 0. The minimum Gasteiger partial charge on any atom is -0.309 e. The van der Waals surface area contributed by atoms with E-state index < -0.39 is 0 Å². The fourth-order valence-electron chi connectivity index (χ4n) is 20.6. The Bertz CT molecular complexity index is 8720. The molecule has 0 aliphatic heterocycles. The normalized spacial score (nSPS) is 11.6. The molecule has 27 aromatic rings. The van der Waals surface area contributed by atoms with Crippen LogP contribution in [0.3, 0.4) is 0 Å². The molecule has 0 saturated carbocycles. The van der Waals surface area contributed by atoms with Crippen LogP contribution in [0, 0.1) is 0 Å². The molecule has 6 heterocycles. The van der Waals surface area contributed by atoms with Gasteiger partial charge in [0.15, 0.2) is 0 Å². The van der Waals surface area contributed by atoms with Crippen LogP contribution in [0.5, 0.6) is 0 Å². The summed E-state index contributed by atoms with van der Waals surface area (Å²) in [5.74, 6) is 0. The topological polar surface area (TPSA) is 29.6 Å². The van der Waals surface area contributed by atoms with Crippen molar-refractivity contribution in [3.8, 4) is 101 Å². The zero-order chi connectivity index (χ0) is 87.1. The largest absolute Gasteiger partial charge is 0.309 e. The summed E-state index contributed by atoms with van der Waals surface area (Å²) in [6.07, 6.45) is 0. The molecule has 6 heteroatoms. The maximum atomic E-state index is 2.39. The summed E-state index contributed by atoms with van der Waals surface area (Å²) < 4.78 is 14.3. The Labute approximate surface area is 763 Å². The number of nitrogens with zero attached hydrogens (tertiary/aromatic N) is 6. The third-order valence-electron chi connectivity index (χ3n) is 26.8. The van der Waals surface area contributed by atoms with Crippen molar-refractivity contribution in [1.82, 2.24) is 27.4 Å². The smallest absolute Gasteiger partial charge is 0.0541 e. The molecule has 0 bridgehead atoms. The van der Waals surface area contributed by atoms with Gasteiger partial charge < -0.3 is 27.4 Å². The molecule has 27 rings (SSSR count). The van der Waals surface area contributed by atoms with Crippen molar-refractivity contribution in [2.24, 2.45) is 0 Å². The Kier molecular flexibility index (Phi) is 18.8. The van der Waals surface area contributed by atoms with Gasteiger partial charge in [-0.2, -0.15) is 0 Å². The molecule has 0 radical (unpaired) electrons. The van der Waals surface area contributed by atoms with Crippen LogP contribution in [0.1, 0.15) is 0 Å². The van der Waals surface area contributed by atoms with E-state index in [9.17, 15) is 0 Å². The van der Waals surface area contributed by atoms with Gasteiger partial charge in [0.25, 0.3) is 0 Å². The average Bonchev–Trinajstić information content (AvgIpc) is 1.55. The van der Waals surface area contributed by atoms with Crippen LogP contribution >= 0.6 is 0 Å². The molecule has 0 saturated heterocycles. The van der Waals surface area contributed by atoms with Crippen molar-refractivity contribution in [3.63, 3.8) is 0 Å². The summed E-state index contributed by atoms with van der Waals surface area (Å²) in [4.78, 5) is 0. The first-order valence-electron chi connectivity index (χ1n) is 45.3. The fourth-order valence-corrected chi connectivity index (χ4v) is 20.6. The molecule has 0 spiro atoms. The minimum absolute atomic E-state index is 1.16. The Morgan fingerprint density at radius 2 is 0.212 bits per heavy atom. The van der Waals surface area contributed by atoms with Gasteiger partial charge in [0, 0.05) is 98.8 Å². The maximum Gasteiger partial charge on any atom is 0.0541 e. The predicted molar refractivity (Wildman–Crippen MR) is 558 cm³/mol. The molecule has 618 valence electrons. The second-order valence-electron chi connectivity index (χ2n) is 34.3. The first-order chi connectivity index (χ1) is 65.5. The molecule has 6 aromatic heterocycles. The quantitative estimate of drug-likeness (QED) is 0.117. The van der Waals surface area contributed by atoms with Gasteiger partial charge in [0.05, 0.1) is 66.2 Å². The lowest BCUT2D eigenvalue weighted by molar-refractivity contribution is 1.18. The zero-order valence-electron chi connectivity index (χ0n) is 72.2. The van der Waals surface area contributed by atoms with Crippen LogP contribution in [-0.2, 0) is 0 Å². The molecule has 0 N–H and O–H groups in total. The first kappa shape index (κ1) is 76.8. The fraction of sp³-hybridized carbons (Fsp3) is 0. The lowest BCUT2D eigenvalue weighted by Crippen LogP contribution is -1.94. The number of benzene rings is 21. The van der Waals surface area contributed by atoms with Crippen LogP contribution in [0.15, 0.2) is 510 Å². The highest BCUT2D eigenvalue weighted by Crippen LogP contribution is 2.45. The van der Waals surface area contributed by atoms with Crippen molar-refractivity contribution < 1.29 is 0 Å². The zero-order valence-corrected chi connectivity index (χ0v) is 72.2. The molecule has 0 unspecified atom stereocenters. The molecular weight excluding hydrogens is 1600 g/mol. The minimum atomic E-state index is 1.16. The van der Waals surface area contributed by atoms with Crippen molar-refractivity contribution in [3.05, 3.63) is 510 Å². The summed E-state index contributed by atoms with van der Waals surface area (Å²) in [5.41, 5.74) is 36.3. The third-order valence-corrected chi connectivity index (χ3v) is 26.8. The number of rotatable bonds is 12. The molecule has 0 fully saturated rings. The van der Waals surface area contributed by atoms with E-state index in [0.717, 1.165) is 11.4 Å². The van der Waals surface area contributed by atoms with E-state index in [1.807, 2.05) is 0 Å². The standard InChI is InChI=1S/C48H32N2.C42H28N2.C36H24N2/c1-3-11-33(12-4-1)35-19-25-39(26-20-35)49-45-17-9-7-15-41(45)43-31-37(23-29-47(43)49)38-24-30-48-44(32-38)42-16-8-10-18-46(42)50(48)40-27-21-36(22-28-40)34-13-5-2-6-14-34;1-3-11-29(12-4-1)30-19-23-34(24-20-30)44-40-18-10-8-16-36(40)38-28-32(22-26-42(38)44)31-21-25-41-37(27-31)35-15-7-9-17-39(35)43(41)33-13-5-2-6-14-33;1-3-11-27(12-4-1)37-33-17-9-7-15-29(33)31-23-25(19-21-35(31)37)26-20-22-36-32(24-26)30-16-8-10-18-34(30)38(36)28-13-5-2-6-14-28/h1-32H;1-28H;1-24H. The van der Waals surface area contributed by atoms with Gasteiger partial charge in [-0.25, -0.2) is 0 Å². The summed E-state index contributed by atoms with van der Waals surface area (Å²) in [7, 11) is 0. The van der Waals surface area contributed by atoms with Crippen LogP contribution in [0.4, 0.5) is 0 Å². The van der Waals surface area contributed by atoms with Gasteiger partial charge in [-0.1, -0.05) is 328 Å². The van der Waals surface area contributed by atoms with Gasteiger partial charge in [-0.15, -0.1) is 0 Å². The molecule has 0 amide bonds. The van der Waals surface area contributed by atoms with E-state index in [1.165, 1.54) is 220 Å². The Balaban J connectivity index is 0.000000107. The molecule has 6 nitrogen and oxygen atoms in total. The number of fused-ring (bicyclic) bond motifs is 18. The predicted octanol–water partition coefficient (Wildman–Crippen LogP) is 33.6. The van der Waals surface area contributed by atoms with Crippen molar-refractivity contribution in [2.75, 3.05) is 0 Å². The van der Waals surface area contributed by atoms with Gasteiger partial charge in [0.1, 0.15) is 0 Å². The first-order valence-corrected chi connectivity index (χ1v) is 45.3. The van der Waals surface area contributed by atoms with E-state index in [1.54, 1.807) is 0 Å². The van der Waals surface area contributed by atoms with Crippen LogP contribution in [0.2, 0.25) is 0 Å².